The van der Waals surface area contributed by atoms with Crippen LogP contribution in [0.15, 0.2) is 21.5 Å². The van der Waals surface area contributed by atoms with Crippen LogP contribution in [0.25, 0.3) is 0 Å². The van der Waals surface area contributed by atoms with E-state index in [0.717, 1.165) is 12.8 Å². The van der Waals surface area contributed by atoms with E-state index in [1.807, 2.05) is 0 Å². The van der Waals surface area contributed by atoms with Gasteiger partial charge in [-0.15, -0.1) is 0 Å². The SMILES string of the molecule is COCCN(C1CC1)S(=O)(=O)c1cc(N)c(Br)cc1C. The van der Waals surface area contributed by atoms with E-state index in [1.54, 1.807) is 20.1 Å². The van der Waals surface area contributed by atoms with Crippen LogP contribution in [0.2, 0.25) is 0 Å². The van der Waals surface area contributed by atoms with Crippen LogP contribution in [0, 0.1) is 6.92 Å². The third kappa shape index (κ3) is 3.16. The second kappa shape index (κ2) is 6.01. The van der Waals surface area contributed by atoms with Crippen molar-refractivity contribution >= 4 is 31.6 Å². The Hall–Kier alpha value is -0.630. The first-order valence-corrected chi connectivity index (χ1v) is 8.67. The molecule has 0 unspecified atom stereocenters. The molecule has 1 aliphatic carbocycles. The van der Waals surface area contributed by atoms with E-state index in [2.05, 4.69) is 15.9 Å². The van der Waals surface area contributed by atoms with Gasteiger partial charge in [0.1, 0.15) is 0 Å². The standard InChI is InChI=1S/C13H19BrN2O3S/c1-9-7-11(14)12(15)8-13(9)20(17,18)16(5-6-19-2)10-3-4-10/h7-8,10H,3-6,15H2,1-2H3. The van der Waals surface area contributed by atoms with Gasteiger partial charge in [0.2, 0.25) is 10.0 Å². The number of aryl methyl sites for hydroxylation is 1. The molecule has 5 nitrogen and oxygen atoms in total. The van der Waals surface area contributed by atoms with Gasteiger partial charge in [0.25, 0.3) is 0 Å². The zero-order valence-electron chi connectivity index (χ0n) is 11.6. The largest absolute Gasteiger partial charge is 0.398 e. The summed E-state index contributed by atoms with van der Waals surface area (Å²) in [4.78, 5) is 0.279. The fourth-order valence-electron chi connectivity index (χ4n) is 2.12. The van der Waals surface area contributed by atoms with Crippen LogP contribution in [0.1, 0.15) is 18.4 Å². The maximum absolute atomic E-state index is 12.8. The molecule has 1 fully saturated rings. The zero-order valence-corrected chi connectivity index (χ0v) is 14.0. The Labute approximate surface area is 128 Å². The average molecular weight is 363 g/mol. The number of nitrogens with zero attached hydrogens (tertiary/aromatic N) is 1. The van der Waals surface area contributed by atoms with Crippen molar-refractivity contribution in [3.63, 3.8) is 0 Å². The molecule has 1 aliphatic rings. The number of ether oxygens (including phenoxy) is 1. The normalized spacial score (nSPS) is 15.8. The van der Waals surface area contributed by atoms with E-state index in [0.29, 0.717) is 28.9 Å². The molecule has 112 valence electrons. The number of hydrogen-bond acceptors (Lipinski definition) is 4. The first kappa shape index (κ1) is 15.8. The van der Waals surface area contributed by atoms with Gasteiger partial charge < -0.3 is 10.5 Å². The van der Waals surface area contributed by atoms with E-state index in [-0.39, 0.29) is 10.9 Å². The van der Waals surface area contributed by atoms with Crippen LogP contribution in [0.4, 0.5) is 5.69 Å². The predicted molar refractivity (Wildman–Crippen MR) is 82.1 cm³/mol. The second-order valence-corrected chi connectivity index (χ2v) is 7.69. The van der Waals surface area contributed by atoms with Gasteiger partial charge in [-0.05, 0) is 53.4 Å². The lowest BCUT2D eigenvalue weighted by Gasteiger charge is -2.23. The summed E-state index contributed by atoms with van der Waals surface area (Å²) < 4.78 is 32.9. The maximum atomic E-state index is 12.8. The van der Waals surface area contributed by atoms with Crippen molar-refractivity contribution in [2.24, 2.45) is 0 Å². The van der Waals surface area contributed by atoms with Crippen molar-refractivity contribution in [3.8, 4) is 0 Å². The molecule has 0 amide bonds. The molecule has 0 saturated heterocycles. The van der Waals surface area contributed by atoms with Gasteiger partial charge in [0.15, 0.2) is 0 Å². The van der Waals surface area contributed by atoms with Crippen LogP contribution in [0.3, 0.4) is 0 Å². The Kier molecular flexibility index (Phi) is 4.73. The van der Waals surface area contributed by atoms with E-state index in [1.165, 1.54) is 10.4 Å². The molecule has 1 aromatic carbocycles. The third-order valence-corrected chi connectivity index (χ3v) is 6.13. The molecule has 20 heavy (non-hydrogen) atoms. The van der Waals surface area contributed by atoms with E-state index in [9.17, 15) is 8.42 Å². The highest BCUT2D eigenvalue weighted by Gasteiger charge is 2.38. The van der Waals surface area contributed by atoms with Gasteiger partial charge in [0.05, 0.1) is 11.5 Å². The molecule has 0 spiro atoms. The van der Waals surface area contributed by atoms with Crippen LogP contribution < -0.4 is 5.73 Å². The molecule has 1 aromatic rings. The monoisotopic (exact) mass is 362 g/mol. The summed E-state index contributed by atoms with van der Waals surface area (Å²) in [5.41, 5.74) is 6.94. The zero-order chi connectivity index (χ0) is 14.9. The van der Waals surface area contributed by atoms with E-state index < -0.39 is 10.0 Å². The predicted octanol–water partition coefficient (Wildman–Crippen LogP) is 2.14. The number of methoxy groups -OCH3 is 1. The summed E-state index contributed by atoms with van der Waals surface area (Å²) >= 11 is 3.31. The lowest BCUT2D eigenvalue weighted by atomic mass is 10.2. The lowest BCUT2D eigenvalue weighted by Crippen LogP contribution is -2.36. The van der Waals surface area contributed by atoms with Crippen LogP contribution in [-0.2, 0) is 14.8 Å². The Bertz CT molecular complexity index is 600. The molecule has 2 N–H and O–H groups in total. The lowest BCUT2D eigenvalue weighted by molar-refractivity contribution is 0.177. The molecule has 0 aromatic heterocycles. The first-order chi connectivity index (χ1) is 9.37. The van der Waals surface area contributed by atoms with Crippen LogP contribution in [0.5, 0.6) is 0 Å². The van der Waals surface area contributed by atoms with Gasteiger partial charge in [-0.3, -0.25) is 0 Å². The molecule has 2 rings (SSSR count). The van der Waals surface area contributed by atoms with Gasteiger partial charge in [0, 0.05) is 29.9 Å². The smallest absolute Gasteiger partial charge is 0.243 e. The summed E-state index contributed by atoms with van der Waals surface area (Å²) in [7, 11) is -1.96. The summed E-state index contributed by atoms with van der Waals surface area (Å²) in [6.45, 7) is 2.54. The summed E-state index contributed by atoms with van der Waals surface area (Å²) in [5, 5.41) is 0. The highest BCUT2D eigenvalue weighted by Crippen LogP contribution is 2.34. The Morgan fingerprint density at radius 2 is 2.10 bits per heavy atom. The van der Waals surface area contributed by atoms with Crippen molar-refractivity contribution < 1.29 is 13.2 Å². The molecule has 0 aliphatic heterocycles. The quantitative estimate of drug-likeness (QED) is 0.786. The van der Waals surface area contributed by atoms with Crippen LogP contribution in [-0.4, -0.2) is 39.0 Å². The fraction of sp³-hybridized carbons (Fsp3) is 0.538. The minimum atomic E-state index is -3.53. The van der Waals surface area contributed by atoms with Gasteiger partial charge in [-0.25, -0.2) is 8.42 Å². The average Bonchev–Trinajstić information content (AvgIpc) is 3.18. The molecular weight excluding hydrogens is 344 g/mol. The van der Waals surface area contributed by atoms with Crippen molar-refractivity contribution in [1.82, 2.24) is 4.31 Å². The molecule has 0 heterocycles. The Morgan fingerprint density at radius 1 is 1.45 bits per heavy atom. The van der Waals surface area contributed by atoms with E-state index >= 15 is 0 Å². The van der Waals surface area contributed by atoms with Crippen molar-refractivity contribution in [1.29, 1.82) is 0 Å². The number of nitrogen functional groups attached to an aromatic ring is 1. The number of rotatable bonds is 6. The number of hydrogen-bond donors (Lipinski definition) is 1. The van der Waals surface area contributed by atoms with Gasteiger partial charge >= 0.3 is 0 Å². The maximum Gasteiger partial charge on any atom is 0.243 e. The number of anilines is 1. The second-order valence-electron chi connectivity index (χ2n) is 4.98. The minimum Gasteiger partial charge on any atom is -0.398 e. The number of benzene rings is 1. The Morgan fingerprint density at radius 3 is 2.65 bits per heavy atom. The first-order valence-electron chi connectivity index (χ1n) is 6.44. The van der Waals surface area contributed by atoms with Crippen molar-refractivity contribution in [3.05, 3.63) is 22.2 Å². The highest BCUT2D eigenvalue weighted by molar-refractivity contribution is 9.10. The number of halogens is 1. The van der Waals surface area contributed by atoms with Crippen LogP contribution >= 0.6 is 15.9 Å². The molecule has 7 heteroatoms. The topological polar surface area (TPSA) is 72.6 Å². The molecular formula is C13H19BrN2O3S. The van der Waals surface area contributed by atoms with Gasteiger partial charge in [-0.1, -0.05) is 0 Å². The third-order valence-electron chi connectivity index (χ3n) is 3.35. The minimum absolute atomic E-state index is 0.0967. The molecule has 1 saturated carbocycles. The highest BCUT2D eigenvalue weighted by atomic mass is 79.9. The van der Waals surface area contributed by atoms with Crippen molar-refractivity contribution in [2.75, 3.05) is 26.0 Å². The molecule has 0 bridgehead atoms. The fourth-order valence-corrected chi connectivity index (χ4v) is 4.49. The summed E-state index contributed by atoms with van der Waals surface area (Å²) in [6.07, 6.45) is 1.82. The summed E-state index contributed by atoms with van der Waals surface area (Å²) in [6, 6.07) is 3.36. The number of sulfonamides is 1. The number of nitrogens with two attached hydrogens (primary N) is 1. The Balaban J connectivity index is 2.39. The summed E-state index contributed by atoms with van der Waals surface area (Å²) in [5.74, 6) is 0. The molecule has 0 radical (unpaired) electrons. The van der Waals surface area contributed by atoms with Gasteiger partial charge in [-0.2, -0.15) is 4.31 Å². The van der Waals surface area contributed by atoms with Crippen molar-refractivity contribution in [2.45, 2.75) is 30.7 Å². The molecule has 0 atom stereocenters. The van der Waals surface area contributed by atoms with E-state index in [4.69, 9.17) is 10.5 Å².